The Morgan fingerprint density at radius 1 is 1.12 bits per heavy atom. The van der Waals surface area contributed by atoms with Crippen molar-refractivity contribution in [1.29, 1.82) is 0 Å². The lowest BCUT2D eigenvalue weighted by molar-refractivity contribution is 0.0730. The molecule has 1 aliphatic heterocycles. The Morgan fingerprint density at radius 2 is 1.81 bits per heavy atom. The van der Waals surface area contributed by atoms with Crippen molar-refractivity contribution >= 4 is 33.7 Å². The third-order valence-corrected chi connectivity index (χ3v) is 6.84. The molecule has 5 nitrogen and oxygen atoms in total. The second kappa shape index (κ2) is 8.35. The Bertz CT molecular complexity index is 888. The van der Waals surface area contributed by atoms with Crippen LogP contribution in [0.2, 0.25) is 0 Å². The Hall–Kier alpha value is -1.67. The first kappa shape index (κ1) is 19.1. The van der Waals surface area contributed by atoms with Gasteiger partial charge in [-0.2, -0.15) is 4.31 Å². The second-order valence-corrected chi connectivity index (χ2v) is 8.81. The van der Waals surface area contributed by atoms with Crippen LogP contribution in [0.5, 0.6) is 0 Å². The fourth-order valence-corrected chi connectivity index (χ4v) is 4.73. The molecule has 0 aromatic heterocycles. The molecule has 1 saturated heterocycles. The van der Waals surface area contributed by atoms with E-state index in [4.69, 9.17) is 4.74 Å². The quantitative estimate of drug-likeness (QED) is 0.579. The summed E-state index contributed by atoms with van der Waals surface area (Å²) in [6.07, 6.45) is 3.73. The fraction of sp³-hybridized carbons (Fsp3) is 0.316. The highest BCUT2D eigenvalue weighted by Gasteiger charge is 2.28. The monoisotopic (exact) mass is 390 g/mol. The average molecular weight is 391 g/mol. The third kappa shape index (κ3) is 4.35. The van der Waals surface area contributed by atoms with Gasteiger partial charge >= 0.3 is 0 Å². The summed E-state index contributed by atoms with van der Waals surface area (Å²) in [5, 5.41) is 0. The molecule has 0 unspecified atom stereocenters. The number of aliphatic imine (C=N–C) groups is 1. The summed E-state index contributed by atoms with van der Waals surface area (Å²) < 4.78 is 32.8. The summed E-state index contributed by atoms with van der Waals surface area (Å²) >= 11 is 1.68. The minimum atomic E-state index is -3.59. The molecule has 0 aliphatic carbocycles. The number of thioether (sulfide) groups is 1. The van der Waals surface area contributed by atoms with E-state index in [1.165, 1.54) is 9.20 Å². The Morgan fingerprint density at radius 3 is 2.46 bits per heavy atom. The zero-order chi connectivity index (χ0) is 18.6. The molecule has 0 atom stereocenters. The number of nitrogens with zero attached hydrogens (tertiary/aromatic N) is 2. The van der Waals surface area contributed by atoms with Crippen LogP contribution in [0.3, 0.4) is 0 Å². The van der Waals surface area contributed by atoms with Crippen LogP contribution in [-0.4, -0.2) is 51.5 Å². The lowest BCUT2D eigenvalue weighted by Crippen LogP contribution is -2.40. The summed E-state index contributed by atoms with van der Waals surface area (Å²) in [5.74, 6) is 0. The standard InChI is InChI=1S/C19H22N2O3S2/c1-15-3-8-18(20-14-16-4-6-17(25-2)7-5-16)19(13-15)26(22,23)21-9-11-24-12-10-21/h3-8,13-14H,9-12H2,1-2H3. The van der Waals surface area contributed by atoms with Gasteiger partial charge in [-0.3, -0.25) is 4.99 Å². The van der Waals surface area contributed by atoms with E-state index in [0.29, 0.717) is 32.0 Å². The highest BCUT2D eigenvalue weighted by Crippen LogP contribution is 2.29. The first-order valence-corrected chi connectivity index (χ1v) is 11.0. The van der Waals surface area contributed by atoms with Gasteiger partial charge in [-0.25, -0.2) is 8.42 Å². The Balaban J connectivity index is 1.93. The van der Waals surface area contributed by atoms with Gasteiger partial charge in [0.25, 0.3) is 0 Å². The molecule has 26 heavy (non-hydrogen) atoms. The average Bonchev–Trinajstić information content (AvgIpc) is 2.68. The molecule has 0 radical (unpaired) electrons. The molecular formula is C19H22N2O3S2. The van der Waals surface area contributed by atoms with Crippen molar-refractivity contribution in [2.24, 2.45) is 4.99 Å². The molecule has 0 bridgehead atoms. The van der Waals surface area contributed by atoms with Gasteiger partial charge in [-0.1, -0.05) is 18.2 Å². The van der Waals surface area contributed by atoms with Crippen LogP contribution in [0, 0.1) is 6.92 Å². The molecule has 3 rings (SSSR count). The fourth-order valence-electron chi connectivity index (χ4n) is 2.69. The number of hydrogen-bond donors (Lipinski definition) is 0. The van der Waals surface area contributed by atoms with Gasteiger partial charge in [0.1, 0.15) is 4.90 Å². The smallest absolute Gasteiger partial charge is 0.245 e. The van der Waals surface area contributed by atoms with Crippen molar-refractivity contribution in [3.05, 3.63) is 53.6 Å². The molecule has 7 heteroatoms. The van der Waals surface area contributed by atoms with Crippen molar-refractivity contribution in [2.75, 3.05) is 32.6 Å². The largest absolute Gasteiger partial charge is 0.379 e. The van der Waals surface area contributed by atoms with Crippen molar-refractivity contribution in [1.82, 2.24) is 4.31 Å². The molecule has 138 valence electrons. The van der Waals surface area contributed by atoms with Crippen LogP contribution < -0.4 is 0 Å². The Labute approximate surface area is 159 Å². The summed E-state index contributed by atoms with van der Waals surface area (Å²) in [6.45, 7) is 3.47. The van der Waals surface area contributed by atoms with Crippen molar-refractivity contribution in [2.45, 2.75) is 16.7 Å². The van der Waals surface area contributed by atoms with E-state index in [0.717, 1.165) is 11.1 Å². The second-order valence-electron chi connectivity index (χ2n) is 6.02. The number of hydrogen-bond acceptors (Lipinski definition) is 5. The maximum Gasteiger partial charge on any atom is 0.245 e. The number of ether oxygens (including phenoxy) is 1. The maximum atomic E-state index is 13.0. The van der Waals surface area contributed by atoms with E-state index in [9.17, 15) is 8.42 Å². The van der Waals surface area contributed by atoms with Crippen LogP contribution in [0.25, 0.3) is 0 Å². The van der Waals surface area contributed by atoms with Gasteiger partial charge in [-0.15, -0.1) is 11.8 Å². The van der Waals surface area contributed by atoms with Gasteiger partial charge < -0.3 is 4.74 Å². The molecular weight excluding hydrogens is 368 g/mol. The summed E-state index contributed by atoms with van der Waals surface area (Å²) in [4.78, 5) is 5.89. The molecule has 2 aromatic carbocycles. The van der Waals surface area contributed by atoms with Crippen LogP contribution in [-0.2, 0) is 14.8 Å². The van der Waals surface area contributed by atoms with Gasteiger partial charge in [0.2, 0.25) is 10.0 Å². The molecule has 1 aliphatic rings. The third-order valence-electron chi connectivity index (χ3n) is 4.17. The SMILES string of the molecule is CSc1ccc(C=Nc2ccc(C)cc2S(=O)(=O)N2CCOCC2)cc1. The summed E-state index contributed by atoms with van der Waals surface area (Å²) in [7, 11) is -3.59. The zero-order valence-corrected chi connectivity index (χ0v) is 16.5. The van der Waals surface area contributed by atoms with E-state index in [2.05, 4.69) is 4.99 Å². The van der Waals surface area contributed by atoms with E-state index < -0.39 is 10.0 Å². The number of morpholine rings is 1. The lowest BCUT2D eigenvalue weighted by Gasteiger charge is -2.26. The van der Waals surface area contributed by atoms with Crippen LogP contribution in [0.4, 0.5) is 5.69 Å². The number of sulfonamides is 1. The van der Waals surface area contributed by atoms with Crippen LogP contribution >= 0.6 is 11.8 Å². The molecule has 1 heterocycles. The lowest BCUT2D eigenvalue weighted by atomic mass is 10.2. The van der Waals surface area contributed by atoms with E-state index >= 15 is 0 Å². The Kier molecular flexibility index (Phi) is 6.13. The topological polar surface area (TPSA) is 59.0 Å². The zero-order valence-electron chi connectivity index (χ0n) is 14.9. The van der Waals surface area contributed by atoms with Gasteiger partial charge in [-0.05, 0) is 48.6 Å². The number of benzene rings is 2. The summed E-state index contributed by atoms with van der Waals surface area (Å²) in [6, 6.07) is 13.3. The summed E-state index contributed by atoms with van der Waals surface area (Å²) in [5.41, 5.74) is 2.27. The predicted molar refractivity (Wildman–Crippen MR) is 106 cm³/mol. The molecule has 0 saturated carbocycles. The first-order chi connectivity index (χ1) is 12.5. The van der Waals surface area contributed by atoms with Crippen molar-refractivity contribution in [3.8, 4) is 0 Å². The molecule has 0 amide bonds. The first-order valence-electron chi connectivity index (χ1n) is 8.37. The van der Waals surface area contributed by atoms with Gasteiger partial charge in [0.15, 0.2) is 0 Å². The minimum absolute atomic E-state index is 0.247. The molecule has 0 spiro atoms. The molecule has 0 N–H and O–H groups in total. The molecule has 1 fully saturated rings. The van der Waals surface area contributed by atoms with Crippen molar-refractivity contribution in [3.63, 3.8) is 0 Å². The highest BCUT2D eigenvalue weighted by atomic mass is 32.2. The maximum absolute atomic E-state index is 13.0. The van der Waals surface area contributed by atoms with E-state index in [1.54, 1.807) is 30.1 Å². The van der Waals surface area contributed by atoms with Crippen LogP contribution in [0.15, 0.2) is 57.2 Å². The van der Waals surface area contributed by atoms with Gasteiger partial charge in [0, 0.05) is 24.2 Å². The van der Waals surface area contributed by atoms with Crippen LogP contribution in [0.1, 0.15) is 11.1 Å². The number of rotatable bonds is 5. The molecule has 2 aromatic rings. The number of aryl methyl sites for hydroxylation is 1. The predicted octanol–water partition coefficient (Wildman–Crippen LogP) is 3.49. The van der Waals surface area contributed by atoms with Crippen molar-refractivity contribution < 1.29 is 13.2 Å². The van der Waals surface area contributed by atoms with Gasteiger partial charge in [0.05, 0.1) is 18.9 Å². The minimum Gasteiger partial charge on any atom is -0.379 e. The van der Waals surface area contributed by atoms with E-state index in [1.807, 2.05) is 43.5 Å². The normalized spacial score (nSPS) is 16.2. The van der Waals surface area contributed by atoms with E-state index in [-0.39, 0.29) is 4.90 Å². The highest BCUT2D eigenvalue weighted by molar-refractivity contribution is 7.98.